The molecule has 0 radical (unpaired) electrons. The van der Waals surface area contributed by atoms with E-state index < -0.39 is 37.0 Å². The lowest BCUT2D eigenvalue weighted by atomic mass is 10.0. The first-order valence-electron chi connectivity index (χ1n) is 3.64. The average molecular weight is 212 g/mol. The van der Waals surface area contributed by atoms with Gasteiger partial charge in [0.2, 0.25) is 0 Å². The van der Waals surface area contributed by atoms with E-state index in [1.54, 1.807) is 0 Å². The van der Waals surface area contributed by atoms with Gasteiger partial charge in [0, 0.05) is 0 Å². The summed E-state index contributed by atoms with van der Waals surface area (Å²) < 4.78 is 0. The Morgan fingerprint density at radius 1 is 1.14 bits per heavy atom. The Labute approximate surface area is 78.5 Å². The van der Waals surface area contributed by atoms with Crippen LogP contribution in [0.5, 0.6) is 0 Å². The van der Waals surface area contributed by atoms with Gasteiger partial charge in [0.1, 0.15) is 18.3 Å². The average Bonchev–Trinajstić information content (AvgIpc) is 2.23. The maximum absolute atomic E-state index is 10.4. The van der Waals surface area contributed by atoms with Crippen molar-refractivity contribution in [1.29, 1.82) is 0 Å². The zero-order chi connectivity index (χ0) is 11.3. The van der Waals surface area contributed by atoms with Gasteiger partial charge >= 0.3 is 5.97 Å². The monoisotopic (exact) mass is 212 g/mol. The molecule has 8 nitrogen and oxygen atoms in total. The van der Waals surface area contributed by atoms with E-state index in [0.717, 1.165) is 0 Å². The fourth-order valence-corrected chi connectivity index (χ4v) is 0.716. The highest BCUT2D eigenvalue weighted by Crippen LogP contribution is 2.05. The topological polar surface area (TPSA) is 148 Å². The largest absolute Gasteiger partial charge is 0.394 e. The minimum atomic E-state index is -2.21. The van der Waals surface area contributed by atoms with Crippen LogP contribution in [0.3, 0.4) is 0 Å². The van der Waals surface area contributed by atoms with Crippen LogP contribution in [0.25, 0.3) is 0 Å². The summed E-state index contributed by atoms with van der Waals surface area (Å²) in [4.78, 5) is 13.5. The second-order valence-electron chi connectivity index (χ2n) is 2.59. The molecule has 84 valence electrons. The molecule has 6 N–H and O–H groups in total. The zero-order valence-electron chi connectivity index (χ0n) is 7.02. The van der Waals surface area contributed by atoms with Crippen LogP contribution in [-0.4, -0.2) is 67.8 Å². The van der Waals surface area contributed by atoms with Crippen molar-refractivity contribution in [2.24, 2.45) is 0 Å². The van der Waals surface area contributed by atoms with Crippen molar-refractivity contribution >= 4 is 5.97 Å². The van der Waals surface area contributed by atoms with Gasteiger partial charge in [-0.1, -0.05) is 0 Å². The van der Waals surface area contributed by atoms with Crippen LogP contribution in [0.4, 0.5) is 0 Å². The van der Waals surface area contributed by atoms with Crippen LogP contribution < -0.4 is 0 Å². The van der Waals surface area contributed by atoms with Crippen LogP contribution >= 0.6 is 0 Å². The van der Waals surface area contributed by atoms with Crippen molar-refractivity contribution < 1.29 is 40.5 Å². The molecular formula is C6H12O8. The highest BCUT2D eigenvalue weighted by atomic mass is 17.1. The van der Waals surface area contributed by atoms with Gasteiger partial charge in [-0.05, 0) is 0 Å². The summed E-state index contributed by atoms with van der Waals surface area (Å²) in [6, 6.07) is 0. The minimum absolute atomic E-state index is 0.862. The SMILES string of the molecule is O=C(OO)C(O)C(O)C(O)C(O)CO. The van der Waals surface area contributed by atoms with E-state index in [4.69, 9.17) is 30.8 Å². The molecule has 0 aromatic heterocycles. The Bertz CT molecular complexity index is 183. The number of hydrogen-bond donors (Lipinski definition) is 6. The van der Waals surface area contributed by atoms with Crippen molar-refractivity contribution in [3.05, 3.63) is 0 Å². The van der Waals surface area contributed by atoms with Crippen LogP contribution in [0.1, 0.15) is 0 Å². The highest BCUT2D eigenvalue weighted by Gasteiger charge is 2.35. The molecule has 0 aromatic rings. The zero-order valence-corrected chi connectivity index (χ0v) is 7.02. The van der Waals surface area contributed by atoms with Gasteiger partial charge in [0.05, 0.1) is 6.61 Å². The highest BCUT2D eigenvalue weighted by molar-refractivity contribution is 5.74. The normalized spacial score (nSPS) is 19.6. The molecule has 0 fully saturated rings. The van der Waals surface area contributed by atoms with Crippen molar-refractivity contribution in [3.8, 4) is 0 Å². The second kappa shape index (κ2) is 5.86. The minimum Gasteiger partial charge on any atom is -0.394 e. The van der Waals surface area contributed by atoms with Crippen molar-refractivity contribution in [1.82, 2.24) is 0 Å². The molecule has 0 aliphatic rings. The number of rotatable bonds is 5. The standard InChI is InChI=1S/C6H12O8/c7-1-2(8)3(9)4(10)5(11)6(12)14-13/h2-5,7-11,13H,1H2. The van der Waals surface area contributed by atoms with Crippen LogP contribution in [0.2, 0.25) is 0 Å². The van der Waals surface area contributed by atoms with Gasteiger partial charge in [-0.3, -0.25) is 4.89 Å². The fourth-order valence-electron chi connectivity index (χ4n) is 0.716. The van der Waals surface area contributed by atoms with E-state index in [1.165, 1.54) is 0 Å². The van der Waals surface area contributed by atoms with Crippen molar-refractivity contribution in [2.75, 3.05) is 6.61 Å². The van der Waals surface area contributed by atoms with E-state index in [0.29, 0.717) is 0 Å². The number of carbonyl (C=O) groups excluding carboxylic acids is 1. The molecular weight excluding hydrogens is 200 g/mol. The van der Waals surface area contributed by atoms with E-state index in [1.807, 2.05) is 0 Å². The van der Waals surface area contributed by atoms with Crippen molar-refractivity contribution in [2.45, 2.75) is 24.4 Å². The maximum atomic E-state index is 10.4. The molecule has 0 bridgehead atoms. The summed E-state index contributed by atoms with van der Waals surface area (Å²) in [5.41, 5.74) is 0. The summed E-state index contributed by atoms with van der Waals surface area (Å²) in [7, 11) is 0. The maximum Gasteiger partial charge on any atom is 0.373 e. The van der Waals surface area contributed by atoms with Crippen molar-refractivity contribution in [3.63, 3.8) is 0 Å². The molecule has 4 unspecified atom stereocenters. The predicted molar refractivity (Wildman–Crippen MR) is 39.8 cm³/mol. The number of carbonyl (C=O) groups is 1. The van der Waals surface area contributed by atoms with E-state index in [2.05, 4.69) is 4.89 Å². The predicted octanol–water partition coefficient (Wildman–Crippen LogP) is -3.56. The number of hydrogen-bond acceptors (Lipinski definition) is 8. The molecule has 0 spiro atoms. The molecule has 0 aliphatic carbocycles. The van der Waals surface area contributed by atoms with Crippen LogP contribution in [0.15, 0.2) is 0 Å². The lowest BCUT2D eigenvalue weighted by Gasteiger charge is -2.23. The third-order valence-corrected chi connectivity index (χ3v) is 1.59. The van der Waals surface area contributed by atoms with Gasteiger partial charge in [-0.15, -0.1) is 0 Å². The lowest BCUT2D eigenvalue weighted by Crippen LogP contribution is -2.48. The quantitative estimate of drug-likeness (QED) is 0.202. The number of aliphatic hydroxyl groups excluding tert-OH is 5. The molecule has 0 rings (SSSR count). The lowest BCUT2D eigenvalue weighted by molar-refractivity contribution is -0.249. The fraction of sp³-hybridized carbons (Fsp3) is 0.833. The molecule has 8 heteroatoms. The molecule has 0 heterocycles. The number of aliphatic hydroxyl groups is 5. The Morgan fingerprint density at radius 2 is 1.64 bits per heavy atom. The summed E-state index contributed by atoms with van der Waals surface area (Å²) in [5.74, 6) is -1.58. The first kappa shape index (κ1) is 13.2. The summed E-state index contributed by atoms with van der Waals surface area (Å²) in [5, 5.41) is 51.9. The Kier molecular flexibility index (Phi) is 5.53. The Morgan fingerprint density at radius 3 is 2.00 bits per heavy atom. The third kappa shape index (κ3) is 3.18. The van der Waals surface area contributed by atoms with Crippen LogP contribution in [0, 0.1) is 0 Å². The second-order valence-corrected chi connectivity index (χ2v) is 2.59. The smallest absolute Gasteiger partial charge is 0.373 e. The van der Waals surface area contributed by atoms with E-state index in [-0.39, 0.29) is 0 Å². The molecule has 14 heavy (non-hydrogen) atoms. The molecule has 0 aliphatic heterocycles. The van der Waals surface area contributed by atoms with Gasteiger partial charge in [-0.2, -0.15) is 5.26 Å². The molecule has 4 atom stereocenters. The molecule has 0 aromatic carbocycles. The Balaban J connectivity index is 4.30. The van der Waals surface area contributed by atoms with E-state index >= 15 is 0 Å². The summed E-state index contributed by atoms with van der Waals surface area (Å²) >= 11 is 0. The summed E-state index contributed by atoms with van der Waals surface area (Å²) in [6.45, 7) is -0.862. The van der Waals surface area contributed by atoms with Crippen LogP contribution in [-0.2, 0) is 9.68 Å². The molecule has 0 amide bonds. The van der Waals surface area contributed by atoms with Gasteiger partial charge < -0.3 is 25.5 Å². The van der Waals surface area contributed by atoms with E-state index in [9.17, 15) is 4.79 Å². The first-order valence-corrected chi connectivity index (χ1v) is 3.64. The molecule has 0 saturated heterocycles. The Hall–Kier alpha value is -0.770. The third-order valence-electron chi connectivity index (χ3n) is 1.59. The van der Waals surface area contributed by atoms with Gasteiger partial charge in [0.15, 0.2) is 6.10 Å². The summed E-state index contributed by atoms with van der Waals surface area (Å²) in [6.07, 6.45) is -7.94. The van der Waals surface area contributed by atoms with Gasteiger partial charge in [0.25, 0.3) is 0 Å². The first-order chi connectivity index (χ1) is 6.45. The van der Waals surface area contributed by atoms with Gasteiger partial charge in [-0.25, -0.2) is 4.79 Å². The molecule has 0 saturated carbocycles.